The minimum atomic E-state index is -5.04. The Balaban J connectivity index is 1.35. The summed E-state index contributed by atoms with van der Waals surface area (Å²) < 4.78 is 103. The average molecular weight is 725 g/mol. The molecular weight excluding hydrogens is 693 g/mol. The summed E-state index contributed by atoms with van der Waals surface area (Å²) in [5, 5.41) is 24.4. The van der Waals surface area contributed by atoms with Gasteiger partial charge in [-0.05, 0) is 93.3 Å². The number of alkyl halides is 5. The molecule has 1 fully saturated rings. The van der Waals surface area contributed by atoms with Gasteiger partial charge in [0.15, 0.2) is 5.69 Å². The normalized spacial score (nSPS) is 18.3. The summed E-state index contributed by atoms with van der Waals surface area (Å²) >= 11 is 0. The van der Waals surface area contributed by atoms with Gasteiger partial charge in [-0.15, -0.1) is 0 Å². The first kappa shape index (κ1) is 35.2. The molecule has 3 unspecified atom stereocenters. The number of rotatable bonds is 7. The Bertz CT molecular complexity index is 2270. The number of amides is 1. The lowest BCUT2D eigenvalue weighted by Gasteiger charge is -2.34. The molecule has 0 saturated heterocycles. The van der Waals surface area contributed by atoms with Crippen molar-refractivity contribution < 1.29 is 40.6 Å². The number of aromatic nitrogens is 5. The van der Waals surface area contributed by atoms with Crippen molar-refractivity contribution in [3.8, 4) is 23.0 Å². The predicted octanol–water partition coefficient (Wildman–Crippen LogP) is 7.25. The summed E-state index contributed by atoms with van der Waals surface area (Å²) in [5.41, 5.74) is -1.66. The van der Waals surface area contributed by atoms with Gasteiger partial charge in [0, 0.05) is 34.2 Å². The van der Waals surface area contributed by atoms with E-state index in [4.69, 9.17) is 4.98 Å². The van der Waals surface area contributed by atoms with E-state index < -0.39 is 76.6 Å². The number of aryl methyl sites for hydroxylation is 1. The minimum absolute atomic E-state index is 0.0339. The number of hydrogen-bond acceptors (Lipinski definition) is 5. The third-order valence-corrected chi connectivity index (χ3v) is 9.48. The highest BCUT2D eigenvalue weighted by atomic mass is 19.4. The molecule has 270 valence electrons. The Hall–Kier alpha value is -5.23. The minimum Gasteiger partial charge on any atom is -0.378 e. The second-order valence-corrected chi connectivity index (χ2v) is 13.8. The molecule has 2 aromatic carbocycles. The van der Waals surface area contributed by atoms with Crippen molar-refractivity contribution in [2.45, 2.75) is 76.2 Å². The van der Waals surface area contributed by atoms with Gasteiger partial charge in [-0.1, -0.05) is 18.1 Å². The quantitative estimate of drug-likeness (QED) is 0.121. The lowest BCUT2D eigenvalue weighted by molar-refractivity contribution is -0.144. The fourth-order valence-corrected chi connectivity index (χ4v) is 7.22. The molecule has 52 heavy (non-hydrogen) atoms. The Morgan fingerprint density at radius 3 is 2.48 bits per heavy atom. The number of aromatic amines is 1. The number of nitrogens with zero attached hydrogens (tertiary/aromatic N) is 4. The molecule has 15 heteroatoms. The number of pyridine rings is 1. The van der Waals surface area contributed by atoms with Crippen LogP contribution in [0.5, 0.6) is 0 Å². The smallest absolute Gasteiger partial charge is 0.378 e. The molecule has 0 aliphatic heterocycles. The van der Waals surface area contributed by atoms with Gasteiger partial charge in [0.2, 0.25) is 5.91 Å². The van der Waals surface area contributed by atoms with E-state index >= 15 is 8.78 Å². The van der Waals surface area contributed by atoms with Crippen LogP contribution in [0.1, 0.15) is 78.2 Å². The number of fused-ring (bicyclic) bond motifs is 4. The molecule has 1 amide bonds. The zero-order chi connectivity index (χ0) is 37.3. The summed E-state index contributed by atoms with van der Waals surface area (Å²) in [5.74, 6) is -3.36. The van der Waals surface area contributed by atoms with E-state index in [-0.39, 0.29) is 36.2 Å². The van der Waals surface area contributed by atoms with E-state index in [2.05, 4.69) is 32.5 Å². The topological polar surface area (TPSA) is 109 Å². The van der Waals surface area contributed by atoms with Crippen molar-refractivity contribution in [1.29, 1.82) is 0 Å². The molecule has 8 nitrogen and oxygen atoms in total. The zero-order valence-electron chi connectivity index (χ0n) is 28.0. The maximum absolute atomic E-state index is 15.5. The number of halogens is 7. The van der Waals surface area contributed by atoms with Gasteiger partial charge in [0.05, 0.1) is 17.3 Å². The number of carbonyl (C=O) groups is 1. The Labute approximate surface area is 292 Å². The zero-order valence-corrected chi connectivity index (χ0v) is 28.0. The first-order chi connectivity index (χ1) is 24.4. The van der Waals surface area contributed by atoms with Gasteiger partial charge in [0.1, 0.15) is 35.2 Å². The summed E-state index contributed by atoms with van der Waals surface area (Å²) in [6.45, 7) is 3.71. The van der Waals surface area contributed by atoms with Crippen LogP contribution < -0.4 is 5.32 Å². The van der Waals surface area contributed by atoms with Crippen molar-refractivity contribution in [2.24, 2.45) is 5.92 Å². The lowest BCUT2D eigenvalue weighted by atomic mass is 9.73. The van der Waals surface area contributed by atoms with Crippen LogP contribution >= 0.6 is 0 Å². The van der Waals surface area contributed by atoms with Gasteiger partial charge >= 0.3 is 6.18 Å². The van der Waals surface area contributed by atoms with Crippen LogP contribution in [0.4, 0.5) is 30.7 Å². The van der Waals surface area contributed by atoms with E-state index in [1.54, 1.807) is 37.3 Å². The van der Waals surface area contributed by atoms with E-state index in [0.29, 0.717) is 38.5 Å². The lowest BCUT2D eigenvalue weighted by Crippen LogP contribution is -2.36. The highest BCUT2D eigenvalue weighted by Gasteiger charge is 2.63. The average Bonchev–Trinajstić information content (AvgIpc) is 3.63. The summed E-state index contributed by atoms with van der Waals surface area (Å²) in [6.07, 6.45) is -5.14. The Kier molecular flexibility index (Phi) is 8.44. The van der Waals surface area contributed by atoms with E-state index in [0.717, 1.165) is 12.1 Å². The molecule has 3 N–H and O–H groups in total. The number of aliphatic hydroxyl groups is 1. The molecule has 2 aliphatic carbocycles. The number of benzene rings is 2. The van der Waals surface area contributed by atoms with Crippen LogP contribution in [-0.2, 0) is 29.9 Å². The first-order valence-corrected chi connectivity index (χ1v) is 16.4. The van der Waals surface area contributed by atoms with E-state index in [9.17, 15) is 31.9 Å². The van der Waals surface area contributed by atoms with Gasteiger partial charge in [0.25, 0.3) is 5.92 Å². The van der Waals surface area contributed by atoms with Crippen molar-refractivity contribution in [2.75, 3.05) is 0 Å². The molecular formula is C37H31F7N6O2. The standard InChI is InChI=1S/C37H31F7N6O2/c1-18-30-23(5-4-6-27(30)48-47-18)24-8-7-22(11-12-35(2,3)52)45-32(24)28(15-19-13-20(38)16-21(39)14-19)46-29(51)17-50-34-31(33(49-50)37(42,43)44)25-9-10-26(25)36(34,40)41/h4-8,13-14,16,25-26,28,52H,9-10,15,17H2,1-3H3,(H,46,51)(H,47,48). The number of H-pyrrole nitrogens is 1. The highest BCUT2D eigenvalue weighted by Crippen LogP contribution is 2.64. The Morgan fingerprint density at radius 2 is 1.83 bits per heavy atom. The molecule has 3 heterocycles. The highest BCUT2D eigenvalue weighted by molar-refractivity contribution is 5.97. The first-order valence-electron chi connectivity index (χ1n) is 16.4. The molecule has 1 saturated carbocycles. The number of nitrogens with one attached hydrogen (secondary N) is 2. The van der Waals surface area contributed by atoms with Crippen LogP contribution in [-0.4, -0.2) is 41.6 Å². The van der Waals surface area contributed by atoms with Crippen molar-refractivity contribution in [3.63, 3.8) is 0 Å². The fourth-order valence-electron chi connectivity index (χ4n) is 7.22. The molecule has 3 atom stereocenters. The molecule has 3 aromatic heterocycles. The summed E-state index contributed by atoms with van der Waals surface area (Å²) in [7, 11) is 0. The second kappa shape index (κ2) is 12.5. The van der Waals surface area contributed by atoms with Gasteiger partial charge in [-0.2, -0.15) is 32.1 Å². The monoisotopic (exact) mass is 724 g/mol. The fraction of sp³-hybridized carbons (Fsp3) is 0.351. The largest absolute Gasteiger partial charge is 0.435 e. The molecule has 0 radical (unpaired) electrons. The van der Waals surface area contributed by atoms with Crippen LogP contribution in [0.25, 0.3) is 22.0 Å². The molecule has 5 aromatic rings. The maximum atomic E-state index is 15.5. The third kappa shape index (κ3) is 6.40. The third-order valence-electron chi connectivity index (χ3n) is 9.48. The maximum Gasteiger partial charge on any atom is 0.435 e. The molecule has 0 spiro atoms. The van der Waals surface area contributed by atoms with Gasteiger partial charge < -0.3 is 10.4 Å². The van der Waals surface area contributed by atoms with Crippen molar-refractivity contribution >= 4 is 16.8 Å². The summed E-state index contributed by atoms with van der Waals surface area (Å²) in [4.78, 5) is 18.5. The van der Waals surface area contributed by atoms with Crippen LogP contribution in [0.3, 0.4) is 0 Å². The predicted molar refractivity (Wildman–Crippen MR) is 175 cm³/mol. The van der Waals surface area contributed by atoms with Crippen LogP contribution in [0.2, 0.25) is 0 Å². The van der Waals surface area contributed by atoms with Crippen molar-refractivity contribution in [3.05, 3.63) is 99.8 Å². The summed E-state index contributed by atoms with van der Waals surface area (Å²) in [6, 6.07) is 10.1. The number of carbonyl (C=O) groups excluding carboxylic acids is 1. The van der Waals surface area contributed by atoms with Crippen molar-refractivity contribution in [1.82, 2.24) is 30.3 Å². The SMILES string of the molecule is Cc1[nH]nc2cccc(-c3ccc(C#CC(C)(C)O)nc3C(Cc3cc(F)cc(F)c3)NC(=O)Cn3nc(C(F)(F)F)c4c3C(F)(F)C3CCC43)c12. The molecule has 2 aliphatic rings. The van der Waals surface area contributed by atoms with E-state index in [1.807, 2.05) is 0 Å². The van der Waals surface area contributed by atoms with Crippen LogP contribution in [0, 0.1) is 36.3 Å². The number of hydrogen-bond donors (Lipinski definition) is 3. The van der Waals surface area contributed by atoms with Crippen LogP contribution in [0.15, 0.2) is 48.5 Å². The second-order valence-electron chi connectivity index (χ2n) is 13.8. The molecule has 7 rings (SSSR count). The van der Waals surface area contributed by atoms with Gasteiger partial charge in [-0.25, -0.2) is 13.8 Å². The Morgan fingerprint density at radius 1 is 1.10 bits per heavy atom. The van der Waals surface area contributed by atoms with Gasteiger partial charge in [-0.3, -0.25) is 14.6 Å². The van der Waals surface area contributed by atoms with E-state index in [1.165, 1.54) is 13.8 Å². The molecule has 0 bridgehead atoms.